The van der Waals surface area contributed by atoms with Gasteiger partial charge >= 0.3 is 6.09 Å². The molecule has 0 aliphatic heterocycles. The van der Waals surface area contributed by atoms with Gasteiger partial charge in [-0.2, -0.15) is 11.8 Å². The summed E-state index contributed by atoms with van der Waals surface area (Å²) in [7, 11) is 0. The summed E-state index contributed by atoms with van der Waals surface area (Å²) in [5.74, 6) is -0.433. The van der Waals surface area contributed by atoms with Gasteiger partial charge in [-0.15, -0.1) is 0 Å². The standard InChI is InChI=1S/C21H30N4O4S/c1-21(2,3)29-20(28)25-17(19(27)24-16(18(22)26)9-10-30-4)11-13-12-23-15-8-6-5-7-14(13)15/h5-8,12,16-17,23H,9-11H2,1-4H3,(H2,22,26)(H,24,27)(H,25,28)/t16-,17-/m0/s1. The van der Waals surface area contributed by atoms with E-state index in [0.29, 0.717) is 12.2 Å². The van der Waals surface area contributed by atoms with Crippen LogP contribution in [0.2, 0.25) is 0 Å². The molecule has 0 aliphatic rings. The second-order valence-electron chi connectivity index (χ2n) is 8.01. The number of amides is 3. The van der Waals surface area contributed by atoms with Crippen molar-refractivity contribution in [2.24, 2.45) is 5.73 Å². The number of rotatable bonds is 9. The van der Waals surface area contributed by atoms with Gasteiger partial charge < -0.3 is 26.1 Å². The summed E-state index contributed by atoms with van der Waals surface area (Å²) >= 11 is 1.55. The molecular weight excluding hydrogens is 404 g/mol. The van der Waals surface area contributed by atoms with Crippen LogP contribution < -0.4 is 16.4 Å². The van der Waals surface area contributed by atoms with E-state index in [1.807, 2.05) is 30.5 Å². The number of thioether (sulfide) groups is 1. The summed E-state index contributed by atoms with van der Waals surface area (Å²) in [6.45, 7) is 5.23. The second kappa shape index (κ2) is 10.4. The molecule has 0 radical (unpaired) electrons. The number of primary amides is 1. The smallest absolute Gasteiger partial charge is 0.408 e. The van der Waals surface area contributed by atoms with Crippen LogP contribution >= 0.6 is 11.8 Å². The van der Waals surface area contributed by atoms with Crippen molar-refractivity contribution in [2.45, 2.75) is 51.3 Å². The first kappa shape index (κ1) is 23.6. The molecule has 0 bridgehead atoms. The Bertz CT molecular complexity index is 891. The fourth-order valence-electron chi connectivity index (χ4n) is 2.97. The molecule has 2 aromatic rings. The van der Waals surface area contributed by atoms with Gasteiger partial charge in [0, 0.05) is 23.5 Å². The average Bonchev–Trinajstić information content (AvgIpc) is 3.05. The number of para-hydroxylation sites is 1. The van der Waals surface area contributed by atoms with E-state index in [9.17, 15) is 14.4 Å². The fourth-order valence-corrected chi connectivity index (χ4v) is 3.44. The van der Waals surface area contributed by atoms with Crippen LogP contribution in [0.4, 0.5) is 4.79 Å². The van der Waals surface area contributed by atoms with Crippen LogP contribution in [0.3, 0.4) is 0 Å². The van der Waals surface area contributed by atoms with Gasteiger partial charge in [0.15, 0.2) is 0 Å². The number of hydrogen-bond donors (Lipinski definition) is 4. The largest absolute Gasteiger partial charge is 0.444 e. The number of fused-ring (bicyclic) bond motifs is 1. The van der Waals surface area contributed by atoms with Gasteiger partial charge in [0.1, 0.15) is 17.7 Å². The zero-order valence-corrected chi connectivity index (χ0v) is 18.6. The number of hydrogen-bond acceptors (Lipinski definition) is 5. The van der Waals surface area contributed by atoms with Gasteiger partial charge in [0.2, 0.25) is 11.8 Å². The minimum atomic E-state index is -0.935. The number of nitrogens with one attached hydrogen (secondary N) is 3. The van der Waals surface area contributed by atoms with Crippen molar-refractivity contribution >= 4 is 40.6 Å². The van der Waals surface area contributed by atoms with Crippen LogP contribution in [-0.4, -0.2) is 52.6 Å². The van der Waals surface area contributed by atoms with Gasteiger partial charge in [0.25, 0.3) is 0 Å². The third-order valence-electron chi connectivity index (χ3n) is 4.38. The molecular formula is C21H30N4O4S. The van der Waals surface area contributed by atoms with Crippen LogP contribution in [0, 0.1) is 0 Å². The maximum atomic E-state index is 13.0. The molecule has 1 aromatic heterocycles. The Morgan fingerprint density at radius 2 is 1.87 bits per heavy atom. The molecule has 0 spiro atoms. The third kappa shape index (κ3) is 6.98. The molecule has 0 unspecified atom stereocenters. The van der Waals surface area contributed by atoms with Gasteiger partial charge in [-0.1, -0.05) is 18.2 Å². The van der Waals surface area contributed by atoms with Crippen molar-refractivity contribution in [1.82, 2.24) is 15.6 Å². The average molecular weight is 435 g/mol. The van der Waals surface area contributed by atoms with E-state index < -0.39 is 35.6 Å². The first-order valence-corrected chi connectivity index (χ1v) is 11.1. The van der Waals surface area contributed by atoms with Crippen LogP contribution in [0.25, 0.3) is 10.9 Å². The first-order valence-electron chi connectivity index (χ1n) is 9.74. The Labute approximate surface area is 180 Å². The number of ether oxygens (including phenoxy) is 1. The molecule has 2 atom stereocenters. The Balaban J connectivity index is 2.22. The highest BCUT2D eigenvalue weighted by Crippen LogP contribution is 2.19. The first-order chi connectivity index (χ1) is 14.1. The summed E-state index contributed by atoms with van der Waals surface area (Å²) in [4.78, 5) is 40.2. The minimum Gasteiger partial charge on any atom is -0.444 e. The molecule has 9 heteroatoms. The van der Waals surface area contributed by atoms with Crippen molar-refractivity contribution in [2.75, 3.05) is 12.0 Å². The molecule has 0 fully saturated rings. The third-order valence-corrected chi connectivity index (χ3v) is 5.02. The van der Waals surface area contributed by atoms with Gasteiger partial charge in [-0.05, 0) is 50.8 Å². The maximum Gasteiger partial charge on any atom is 0.408 e. The molecule has 8 nitrogen and oxygen atoms in total. The van der Waals surface area contributed by atoms with E-state index in [0.717, 1.165) is 16.5 Å². The molecule has 1 heterocycles. The van der Waals surface area contributed by atoms with E-state index >= 15 is 0 Å². The Morgan fingerprint density at radius 3 is 2.50 bits per heavy atom. The van der Waals surface area contributed by atoms with Crippen LogP contribution in [0.15, 0.2) is 30.5 Å². The Morgan fingerprint density at radius 1 is 1.17 bits per heavy atom. The van der Waals surface area contributed by atoms with Gasteiger partial charge in [-0.3, -0.25) is 9.59 Å². The normalized spacial score (nSPS) is 13.5. The highest BCUT2D eigenvalue weighted by atomic mass is 32.2. The Hall–Kier alpha value is -2.68. The van der Waals surface area contributed by atoms with Crippen LogP contribution in [0.5, 0.6) is 0 Å². The number of H-pyrrole nitrogens is 1. The quantitative estimate of drug-likeness (QED) is 0.482. The van der Waals surface area contributed by atoms with Crippen LogP contribution in [-0.2, 0) is 20.7 Å². The lowest BCUT2D eigenvalue weighted by atomic mass is 10.0. The summed E-state index contributed by atoms with van der Waals surface area (Å²) in [5.41, 5.74) is 6.52. The lowest BCUT2D eigenvalue weighted by Crippen LogP contribution is -2.54. The predicted octanol–water partition coefficient (Wildman–Crippen LogP) is 2.33. The van der Waals surface area contributed by atoms with Crippen molar-refractivity contribution in [3.05, 3.63) is 36.0 Å². The van der Waals surface area contributed by atoms with Gasteiger partial charge in [0.05, 0.1) is 0 Å². The monoisotopic (exact) mass is 434 g/mol. The topological polar surface area (TPSA) is 126 Å². The highest BCUT2D eigenvalue weighted by Gasteiger charge is 2.28. The van der Waals surface area contributed by atoms with E-state index in [4.69, 9.17) is 10.5 Å². The van der Waals surface area contributed by atoms with Crippen molar-refractivity contribution < 1.29 is 19.1 Å². The lowest BCUT2D eigenvalue weighted by molar-refractivity contribution is -0.128. The van der Waals surface area contributed by atoms with E-state index in [-0.39, 0.29) is 6.42 Å². The predicted molar refractivity (Wildman–Crippen MR) is 119 cm³/mol. The van der Waals surface area contributed by atoms with Crippen molar-refractivity contribution in [3.63, 3.8) is 0 Å². The molecule has 30 heavy (non-hydrogen) atoms. The highest BCUT2D eigenvalue weighted by molar-refractivity contribution is 7.98. The van der Waals surface area contributed by atoms with E-state index in [1.165, 1.54) is 0 Å². The van der Waals surface area contributed by atoms with E-state index in [2.05, 4.69) is 15.6 Å². The molecule has 5 N–H and O–H groups in total. The molecule has 164 valence electrons. The SMILES string of the molecule is CSCC[C@H](NC(=O)[C@H](Cc1c[nH]c2ccccc12)NC(=O)OC(C)(C)C)C(N)=O. The molecule has 3 amide bonds. The fraction of sp³-hybridized carbons (Fsp3) is 0.476. The number of carbonyl (C=O) groups is 3. The maximum absolute atomic E-state index is 13.0. The molecule has 0 saturated carbocycles. The van der Waals surface area contributed by atoms with Gasteiger partial charge in [-0.25, -0.2) is 4.79 Å². The van der Waals surface area contributed by atoms with Crippen molar-refractivity contribution in [3.8, 4) is 0 Å². The summed E-state index contributed by atoms with van der Waals surface area (Å²) < 4.78 is 5.31. The summed E-state index contributed by atoms with van der Waals surface area (Å²) in [6.07, 6.45) is 3.64. The number of nitrogens with two attached hydrogens (primary N) is 1. The zero-order chi connectivity index (χ0) is 22.3. The number of alkyl carbamates (subject to hydrolysis) is 1. The second-order valence-corrected chi connectivity index (χ2v) is 8.99. The molecule has 1 aromatic carbocycles. The Kier molecular flexibility index (Phi) is 8.16. The van der Waals surface area contributed by atoms with Crippen LogP contribution in [0.1, 0.15) is 32.8 Å². The number of aromatic nitrogens is 1. The zero-order valence-electron chi connectivity index (χ0n) is 17.8. The van der Waals surface area contributed by atoms with Crippen molar-refractivity contribution in [1.29, 1.82) is 0 Å². The lowest BCUT2D eigenvalue weighted by Gasteiger charge is -2.24. The molecule has 0 aliphatic carbocycles. The molecule has 2 rings (SSSR count). The number of carbonyl (C=O) groups excluding carboxylic acids is 3. The minimum absolute atomic E-state index is 0.225. The number of benzene rings is 1. The number of aromatic amines is 1. The van der Waals surface area contributed by atoms with E-state index in [1.54, 1.807) is 38.7 Å². The summed E-state index contributed by atoms with van der Waals surface area (Å²) in [5, 5.41) is 6.26. The summed E-state index contributed by atoms with van der Waals surface area (Å²) in [6, 6.07) is 5.94. The molecule has 0 saturated heterocycles.